The molecule has 0 aromatic carbocycles. The highest BCUT2D eigenvalue weighted by Gasteiger charge is 2.08. The number of hydrogen-bond donors (Lipinski definition) is 2. The molecule has 0 unspecified atom stereocenters. The molecule has 0 aliphatic carbocycles. The van der Waals surface area contributed by atoms with E-state index in [1.807, 2.05) is 6.92 Å². The summed E-state index contributed by atoms with van der Waals surface area (Å²) in [5.74, 6) is 0.560. The average molecular weight is 224 g/mol. The van der Waals surface area contributed by atoms with Crippen molar-refractivity contribution in [1.29, 1.82) is 0 Å². The molecule has 0 aliphatic rings. The minimum atomic E-state index is 0.0348. The molecule has 2 heterocycles. The van der Waals surface area contributed by atoms with Crippen molar-refractivity contribution in [2.24, 2.45) is 0 Å². The molecule has 0 spiro atoms. The van der Waals surface area contributed by atoms with Crippen molar-refractivity contribution in [3.05, 3.63) is 17.3 Å². The molecular weight excluding hydrogens is 212 g/mol. The maximum Gasteiger partial charge on any atom is 0.122 e. The van der Waals surface area contributed by atoms with Crippen molar-refractivity contribution in [3.63, 3.8) is 0 Å². The number of nitrogens with zero attached hydrogens (tertiary/aromatic N) is 3. The standard InChI is InChI=1S/C9H12N4OS/c1-6-11-5-8(15-6)7-4-9(10)13(12-7)2-3-14/h4-5,14H,2-3,10H2,1H3. The van der Waals surface area contributed by atoms with Crippen LogP contribution in [-0.4, -0.2) is 26.5 Å². The lowest BCUT2D eigenvalue weighted by atomic mass is 10.4. The van der Waals surface area contributed by atoms with Crippen LogP contribution in [0.3, 0.4) is 0 Å². The largest absolute Gasteiger partial charge is 0.394 e. The molecule has 0 fully saturated rings. The molecule has 2 aromatic heterocycles. The minimum Gasteiger partial charge on any atom is -0.394 e. The highest BCUT2D eigenvalue weighted by Crippen LogP contribution is 2.25. The number of nitrogen functional groups attached to an aromatic ring is 1. The van der Waals surface area contributed by atoms with E-state index in [2.05, 4.69) is 10.1 Å². The topological polar surface area (TPSA) is 77.0 Å². The summed E-state index contributed by atoms with van der Waals surface area (Å²) in [6.07, 6.45) is 1.78. The van der Waals surface area contributed by atoms with Gasteiger partial charge in [0.15, 0.2) is 0 Å². The molecule has 2 aromatic rings. The molecule has 6 heteroatoms. The van der Waals surface area contributed by atoms with Gasteiger partial charge in [0.05, 0.1) is 23.0 Å². The Morgan fingerprint density at radius 3 is 3.00 bits per heavy atom. The summed E-state index contributed by atoms with van der Waals surface area (Å²) in [5, 5.41) is 14.1. The van der Waals surface area contributed by atoms with Crippen LogP contribution in [0.2, 0.25) is 0 Å². The Labute approximate surface area is 91.2 Å². The Hall–Kier alpha value is -1.40. The molecule has 80 valence electrons. The predicted molar refractivity (Wildman–Crippen MR) is 59.6 cm³/mol. The van der Waals surface area contributed by atoms with E-state index < -0.39 is 0 Å². The van der Waals surface area contributed by atoms with Crippen molar-refractivity contribution in [1.82, 2.24) is 14.8 Å². The number of anilines is 1. The van der Waals surface area contributed by atoms with Gasteiger partial charge in [-0.3, -0.25) is 0 Å². The van der Waals surface area contributed by atoms with Crippen LogP contribution >= 0.6 is 11.3 Å². The van der Waals surface area contributed by atoms with E-state index in [1.54, 1.807) is 28.3 Å². The number of hydrogen-bond acceptors (Lipinski definition) is 5. The second kappa shape index (κ2) is 4.00. The van der Waals surface area contributed by atoms with Crippen molar-refractivity contribution in [3.8, 4) is 10.6 Å². The third kappa shape index (κ3) is 2.00. The van der Waals surface area contributed by atoms with E-state index in [-0.39, 0.29) is 6.61 Å². The first-order valence-electron chi connectivity index (χ1n) is 4.57. The monoisotopic (exact) mass is 224 g/mol. The minimum absolute atomic E-state index is 0.0348. The molecule has 15 heavy (non-hydrogen) atoms. The van der Waals surface area contributed by atoms with Gasteiger partial charge in [-0.15, -0.1) is 11.3 Å². The van der Waals surface area contributed by atoms with Crippen LogP contribution in [0.15, 0.2) is 12.3 Å². The van der Waals surface area contributed by atoms with Crippen molar-refractivity contribution in [2.45, 2.75) is 13.5 Å². The maximum absolute atomic E-state index is 8.80. The SMILES string of the molecule is Cc1ncc(-c2cc(N)n(CCO)n2)s1. The van der Waals surface area contributed by atoms with Crippen molar-refractivity contribution >= 4 is 17.2 Å². The summed E-state index contributed by atoms with van der Waals surface area (Å²) in [6, 6.07) is 1.79. The third-order valence-electron chi connectivity index (χ3n) is 2.00. The zero-order chi connectivity index (χ0) is 10.8. The molecule has 0 aliphatic heterocycles. The van der Waals surface area contributed by atoms with Crippen molar-refractivity contribution in [2.75, 3.05) is 12.3 Å². The van der Waals surface area contributed by atoms with E-state index in [1.165, 1.54) is 0 Å². The van der Waals surface area contributed by atoms with E-state index >= 15 is 0 Å². The van der Waals surface area contributed by atoms with Gasteiger partial charge in [-0.2, -0.15) is 5.10 Å². The lowest BCUT2D eigenvalue weighted by Gasteiger charge is -1.98. The van der Waals surface area contributed by atoms with E-state index in [0.717, 1.165) is 15.6 Å². The molecule has 0 atom stereocenters. The molecule has 0 saturated carbocycles. The number of aliphatic hydroxyl groups excluding tert-OH is 1. The zero-order valence-electron chi connectivity index (χ0n) is 8.34. The summed E-state index contributed by atoms with van der Waals surface area (Å²) in [4.78, 5) is 5.15. The first kappa shape index (κ1) is 10.1. The number of nitrogens with two attached hydrogens (primary N) is 1. The van der Waals surface area contributed by atoms with Gasteiger partial charge in [0.1, 0.15) is 11.5 Å². The van der Waals surface area contributed by atoms with Crippen molar-refractivity contribution < 1.29 is 5.11 Å². The summed E-state index contributed by atoms with van der Waals surface area (Å²) in [5.41, 5.74) is 6.56. The van der Waals surface area contributed by atoms with Gasteiger partial charge in [-0.25, -0.2) is 9.67 Å². The summed E-state index contributed by atoms with van der Waals surface area (Å²) >= 11 is 1.58. The van der Waals surface area contributed by atoms with Crippen LogP contribution in [0.4, 0.5) is 5.82 Å². The first-order valence-corrected chi connectivity index (χ1v) is 5.39. The normalized spacial score (nSPS) is 10.8. The lowest BCUT2D eigenvalue weighted by Crippen LogP contribution is -2.07. The third-order valence-corrected chi connectivity index (χ3v) is 2.93. The van der Waals surface area contributed by atoms with E-state index in [4.69, 9.17) is 10.8 Å². The fourth-order valence-corrected chi connectivity index (χ4v) is 2.04. The van der Waals surface area contributed by atoms with Crippen LogP contribution < -0.4 is 5.73 Å². The Bertz CT molecular complexity index is 462. The molecule has 0 radical (unpaired) electrons. The smallest absolute Gasteiger partial charge is 0.122 e. The van der Waals surface area contributed by atoms with Gasteiger partial charge in [-0.1, -0.05) is 0 Å². The second-order valence-electron chi connectivity index (χ2n) is 3.14. The van der Waals surface area contributed by atoms with Gasteiger partial charge in [0, 0.05) is 12.3 Å². The lowest BCUT2D eigenvalue weighted by molar-refractivity contribution is 0.270. The fourth-order valence-electron chi connectivity index (χ4n) is 1.31. The fraction of sp³-hybridized carbons (Fsp3) is 0.333. The molecule has 2 rings (SSSR count). The van der Waals surface area contributed by atoms with Crippen LogP contribution in [0.5, 0.6) is 0 Å². The molecule has 5 nitrogen and oxygen atoms in total. The number of thiazole rings is 1. The molecule has 0 bridgehead atoms. The van der Waals surface area contributed by atoms with Gasteiger partial charge < -0.3 is 10.8 Å². The first-order chi connectivity index (χ1) is 7.20. The number of aryl methyl sites for hydroxylation is 1. The van der Waals surface area contributed by atoms with Gasteiger partial charge in [-0.05, 0) is 6.92 Å². The van der Waals surface area contributed by atoms with Crippen LogP contribution in [0, 0.1) is 6.92 Å². The van der Waals surface area contributed by atoms with E-state index in [0.29, 0.717) is 12.4 Å². The number of aromatic nitrogens is 3. The van der Waals surface area contributed by atoms with Gasteiger partial charge in [0.2, 0.25) is 0 Å². The highest BCUT2D eigenvalue weighted by atomic mass is 32.1. The van der Waals surface area contributed by atoms with Gasteiger partial charge in [0.25, 0.3) is 0 Å². The quantitative estimate of drug-likeness (QED) is 0.811. The van der Waals surface area contributed by atoms with Crippen LogP contribution in [0.25, 0.3) is 10.6 Å². The molecular formula is C9H12N4OS. The number of aliphatic hydroxyl groups is 1. The molecule has 0 amide bonds. The van der Waals surface area contributed by atoms with E-state index in [9.17, 15) is 0 Å². The highest BCUT2D eigenvalue weighted by molar-refractivity contribution is 7.15. The zero-order valence-corrected chi connectivity index (χ0v) is 9.16. The molecule has 3 N–H and O–H groups in total. The van der Waals surface area contributed by atoms with Gasteiger partial charge >= 0.3 is 0 Å². The molecule has 0 saturated heterocycles. The second-order valence-corrected chi connectivity index (χ2v) is 4.38. The summed E-state index contributed by atoms with van der Waals surface area (Å²) < 4.78 is 1.59. The summed E-state index contributed by atoms with van der Waals surface area (Å²) in [7, 11) is 0. The predicted octanol–water partition coefficient (Wildman–Crippen LogP) is 0.890. The summed E-state index contributed by atoms with van der Waals surface area (Å²) in [6.45, 7) is 2.40. The Balaban J connectivity index is 2.33. The Morgan fingerprint density at radius 1 is 1.60 bits per heavy atom. The Kier molecular flexibility index (Phi) is 2.70. The average Bonchev–Trinajstić information content (AvgIpc) is 2.75. The number of rotatable bonds is 3. The van der Waals surface area contributed by atoms with Crippen LogP contribution in [-0.2, 0) is 6.54 Å². The van der Waals surface area contributed by atoms with Crippen LogP contribution in [0.1, 0.15) is 5.01 Å². The Morgan fingerprint density at radius 2 is 2.40 bits per heavy atom. The maximum atomic E-state index is 8.80.